The number of nitrogens with zero attached hydrogens (tertiary/aromatic N) is 4. The third-order valence-corrected chi connectivity index (χ3v) is 4.63. The van der Waals surface area contributed by atoms with Gasteiger partial charge in [0, 0.05) is 12.4 Å². The molecule has 1 saturated heterocycles. The first-order chi connectivity index (χ1) is 10.7. The zero-order chi connectivity index (χ0) is 15.0. The molecule has 3 heterocycles. The van der Waals surface area contributed by atoms with Gasteiger partial charge in [0.2, 0.25) is 5.82 Å². The Labute approximate surface area is 128 Å². The Morgan fingerprint density at radius 3 is 3.05 bits per heavy atom. The van der Waals surface area contributed by atoms with Gasteiger partial charge in [-0.25, -0.2) is 9.50 Å². The number of ether oxygens (including phenoxy) is 1. The molecule has 2 aliphatic rings. The molecule has 0 radical (unpaired) electrons. The molecular weight excluding hydrogens is 282 g/mol. The highest BCUT2D eigenvalue weighted by Crippen LogP contribution is 2.39. The van der Waals surface area contributed by atoms with Crippen LogP contribution in [0.1, 0.15) is 49.1 Å². The molecule has 1 atom stereocenters. The van der Waals surface area contributed by atoms with Crippen molar-refractivity contribution in [1.29, 1.82) is 0 Å². The van der Waals surface area contributed by atoms with Crippen molar-refractivity contribution >= 4 is 11.7 Å². The standard InChI is InChI=1S/C15H19N5O2/c21-13(12-18-14-16-7-4-8-20(14)19-12)17-11-9-15(22-10-11)5-2-1-3-6-15/h4,7-8,11H,1-3,5-6,9-10H2,(H,17,21). The second-order valence-corrected chi connectivity index (χ2v) is 6.23. The monoisotopic (exact) mass is 301 g/mol. The molecular formula is C15H19N5O2. The third-order valence-electron chi connectivity index (χ3n) is 4.63. The van der Waals surface area contributed by atoms with Gasteiger partial charge in [-0.15, -0.1) is 5.10 Å². The van der Waals surface area contributed by atoms with E-state index < -0.39 is 0 Å². The number of rotatable bonds is 2. The van der Waals surface area contributed by atoms with E-state index in [9.17, 15) is 4.79 Å². The number of carbonyl (C=O) groups is 1. The lowest BCUT2D eigenvalue weighted by molar-refractivity contribution is -0.0246. The fraction of sp³-hybridized carbons (Fsp3) is 0.600. The van der Waals surface area contributed by atoms with E-state index in [0.717, 1.165) is 19.3 Å². The number of nitrogens with one attached hydrogen (secondary N) is 1. The molecule has 1 aliphatic heterocycles. The zero-order valence-electron chi connectivity index (χ0n) is 12.4. The molecule has 1 aliphatic carbocycles. The fourth-order valence-corrected chi connectivity index (χ4v) is 3.56. The topological polar surface area (TPSA) is 81.4 Å². The van der Waals surface area contributed by atoms with Crippen LogP contribution in [-0.2, 0) is 4.74 Å². The molecule has 0 bridgehead atoms. The van der Waals surface area contributed by atoms with E-state index in [-0.39, 0.29) is 23.4 Å². The molecule has 2 aromatic rings. The van der Waals surface area contributed by atoms with Crippen LogP contribution in [0.5, 0.6) is 0 Å². The number of amides is 1. The molecule has 7 nitrogen and oxygen atoms in total. The summed E-state index contributed by atoms with van der Waals surface area (Å²) in [5, 5.41) is 7.15. The molecule has 1 unspecified atom stereocenters. The number of hydrogen-bond acceptors (Lipinski definition) is 5. The van der Waals surface area contributed by atoms with Crippen molar-refractivity contribution in [3.05, 3.63) is 24.3 Å². The number of carbonyl (C=O) groups excluding carboxylic acids is 1. The molecule has 7 heteroatoms. The Balaban J connectivity index is 1.44. The van der Waals surface area contributed by atoms with Crippen LogP contribution in [0, 0.1) is 0 Å². The first-order valence-corrected chi connectivity index (χ1v) is 7.86. The van der Waals surface area contributed by atoms with Gasteiger partial charge in [0.25, 0.3) is 11.7 Å². The maximum atomic E-state index is 12.3. The van der Waals surface area contributed by atoms with Crippen molar-refractivity contribution in [3.63, 3.8) is 0 Å². The summed E-state index contributed by atoms with van der Waals surface area (Å²) in [5.41, 5.74) is -0.00983. The second kappa shape index (κ2) is 5.31. The van der Waals surface area contributed by atoms with Gasteiger partial charge in [-0.3, -0.25) is 4.79 Å². The molecule has 0 aromatic carbocycles. The summed E-state index contributed by atoms with van der Waals surface area (Å²) in [6.07, 6.45) is 10.2. The molecule has 1 N–H and O–H groups in total. The highest BCUT2D eigenvalue weighted by molar-refractivity contribution is 5.91. The van der Waals surface area contributed by atoms with Crippen molar-refractivity contribution in [2.75, 3.05) is 6.61 Å². The largest absolute Gasteiger partial charge is 0.373 e. The maximum Gasteiger partial charge on any atom is 0.291 e. The normalized spacial score (nSPS) is 23.9. The Hall–Kier alpha value is -2.02. The van der Waals surface area contributed by atoms with E-state index in [1.54, 1.807) is 18.5 Å². The zero-order valence-corrected chi connectivity index (χ0v) is 12.4. The number of hydrogen-bond donors (Lipinski definition) is 1. The molecule has 116 valence electrons. The first kappa shape index (κ1) is 13.6. The van der Waals surface area contributed by atoms with Gasteiger partial charge in [0.05, 0.1) is 18.2 Å². The van der Waals surface area contributed by atoms with Crippen LogP contribution in [-0.4, -0.2) is 43.7 Å². The highest BCUT2D eigenvalue weighted by atomic mass is 16.5. The minimum Gasteiger partial charge on any atom is -0.373 e. The van der Waals surface area contributed by atoms with Crippen LogP contribution in [0.3, 0.4) is 0 Å². The minimum atomic E-state index is -0.257. The van der Waals surface area contributed by atoms with Gasteiger partial charge in [-0.1, -0.05) is 19.3 Å². The van der Waals surface area contributed by atoms with Gasteiger partial charge in [0.15, 0.2) is 0 Å². The first-order valence-electron chi connectivity index (χ1n) is 7.86. The quantitative estimate of drug-likeness (QED) is 0.905. The van der Waals surface area contributed by atoms with Gasteiger partial charge in [-0.05, 0) is 25.3 Å². The molecule has 1 amide bonds. The summed E-state index contributed by atoms with van der Waals surface area (Å²) in [6.45, 7) is 0.581. The van der Waals surface area contributed by atoms with E-state index >= 15 is 0 Å². The number of aromatic nitrogens is 4. The molecule has 2 fully saturated rings. The van der Waals surface area contributed by atoms with Crippen LogP contribution in [0.25, 0.3) is 5.78 Å². The number of fused-ring (bicyclic) bond motifs is 1. The minimum absolute atomic E-state index is 0.00983. The Bertz CT molecular complexity index is 659. The lowest BCUT2D eigenvalue weighted by Gasteiger charge is -2.32. The van der Waals surface area contributed by atoms with E-state index in [1.807, 2.05) is 0 Å². The van der Waals surface area contributed by atoms with Crippen LogP contribution >= 0.6 is 0 Å². The molecule has 1 spiro atoms. The molecule has 4 rings (SSSR count). The summed E-state index contributed by atoms with van der Waals surface area (Å²) in [5.74, 6) is 0.328. The lowest BCUT2D eigenvalue weighted by Crippen LogP contribution is -2.37. The van der Waals surface area contributed by atoms with Crippen LogP contribution < -0.4 is 5.32 Å². The smallest absolute Gasteiger partial charge is 0.291 e. The Morgan fingerprint density at radius 2 is 2.23 bits per heavy atom. The molecule has 1 saturated carbocycles. The average Bonchev–Trinajstić information content (AvgIpc) is 3.13. The predicted molar refractivity (Wildman–Crippen MR) is 78.4 cm³/mol. The SMILES string of the molecule is O=C(NC1COC2(CCCCC2)C1)c1nc2ncccn2n1. The summed E-state index contributed by atoms with van der Waals surface area (Å²) >= 11 is 0. The van der Waals surface area contributed by atoms with Crippen molar-refractivity contribution in [3.8, 4) is 0 Å². The summed E-state index contributed by atoms with van der Waals surface area (Å²) < 4.78 is 7.52. The molecule has 2 aromatic heterocycles. The predicted octanol–water partition coefficient (Wildman–Crippen LogP) is 1.35. The lowest BCUT2D eigenvalue weighted by atomic mass is 9.82. The Morgan fingerprint density at radius 1 is 1.36 bits per heavy atom. The summed E-state index contributed by atoms with van der Waals surface area (Å²) in [4.78, 5) is 20.5. The van der Waals surface area contributed by atoms with Crippen molar-refractivity contribution in [1.82, 2.24) is 24.9 Å². The van der Waals surface area contributed by atoms with E-state index in [2.05, 4.69) is 20.4 Å². The van der Waals surface area contributed by atoms with Gasteiger partial charge < -0.3 is 10.1 Å². The second-order valence-electron chi connectivity index (χ2n) is 6.23. The van der Waals surface area contributed by atoms with E-state index in [0.29, 0.717) is 12.4 Å². The van der Waals surface area contributed by atoms with Gasteiger partial charge in [-0.2, -0.15) is 4.98 Å². The van der Waals surface area contributed by atoms with Gasteiger partial charge >= 0.3 is 0 Å². The van der Waals surface area contributed by atoms with Crippen molar-refractivity contribution in [2.24, 2.45) is 0 Å². The van der Waals surface area contributed by atoms with Crippen LogP contribution in [0.4, 0.5) is 0 Å². The third kappa shape index (κ3) is 2.45. The van der Waals surface area contributed by atoms with Crippen molar-refractivity contribution in [2.45, 2.75) is 50.2 Å². The highest BCUT2D eigenvalue weighted by Gasteiger charge is 2.41. The van der Waals surface area contributed by atoms with Crippen LogP contribution in [0.15, 0.2) is 18.5 Å². The fourth-order valence-electron chi connectivity index (χ4n) is 3.56. The van der Waals surface area contributed by atoms with E-state index in [1.165, 1.54) is 23.8 Å². The Kier molecular flexibility index (Phi) is 3.29. The van der Waals surface area contributed by atoms with Crippen molar-refractivity contribution < 1.29 is 9.53 Å². The maximum absolute atomic E-state index is 12.3. The summed E-state index contributed by atoms with van der Waals surface area (Å²) in [7, 11) is 0. The van der Waals surface area contributed by atoms with E-state index in [4.69, 9.17) is 4.74 Å². The summed E-state index contributed by atoms with van der Waals surface area (Å²) in [6, 6.07) is 1.80. The average molecular weight is 301 g/mol. The van der Waals surface area contributed by atoms with Gasteiger partial charge in [0.1, 0.15) is 0 Å². The molecule has 22 heavy (non-hydrogen) atoms. The van der Waals surface area contributed by atoms with Crippen LogP contribution in [0.2, 0.25) is 0 Å².